The van der Waals surface area contributed by atoms with E-state index in [1.165, 1.54) is 12.3 Å². The SMILES string of the molecule is Nc1cc(C(F)F)c(C2=NC(N3CCOCC3)NC(N3CCNCC3)=N2)cn1. The van der Waals surface area contributed by atoms with Gasteiger partial charge in [-0.25, -0.2) is 18.8 Å². The molecule has 0 amide bonds. The molecule has 0 spiro atoms. The van der Waals surface area contributed by atoms with Gasteiger partial charge in [0.15, 0.2) is 12.1 Å². The number of guanidine groups is 1. The number of halogens is 2. The van der Waals surface area contributed by atoms with Crippen LogP contribution >= 0.6 is 0 Å². The Hall–Kier alpha value is -2.37. The van der Waals surface area contributed by atoms with Crippen LogP contribution in [-0.4, -0.2) is 85.4 Å². The minimum absolute atomic E-state index is 0.0459. The summed E-state index contributed by atoms with van der Waals surface area (Å²) in [6.45, 7) is 5.83. The molecule has 0 radical (unpaired) electrons. The van der Waals surface area contributed by atoms with Gasteiger partial charge in [0.25, 0.3) is 6.43 Å². The van der Waals surface area contributed by atoms with Crippen molar-refractivity contribution < 1.29 is 13.5 Å². The van der Waals surface area contributed by atoms with Gasteiger partial charge in [-0.05, 0) is 6.07 Å². The molecule has 4 rings (SSSR count). The minimum atomic E-state index is -2.70. The van der Waals surface area contributed by atoms with E-state index in [0.717, 1.165) is 26.2 Å². The molecule has 0 saturated carbocycles. The van der Waals surface area contributed by atoms with Crippen molar-refractivity contribution in [3.63, 3.8) is 0 Å². The number of hydrogen-bond acceptors (Lipinski definition) is 9. The molecule has 4 N–H and O–H groups in total. The quantitative estimate of drug-likeness (QED) is 0.654. The highest BCUT2D eigenvalue weighted by Crippen LogP contribution is 2.26. The number of piperazine rings is 1. The van der Waals surface area contributed by atoms with Crippen LogP contribution in [0.2, 0.25) is 0 Å². The van der Waals surface area contributed by atoms with Crippen molar-refractivity contribution >= 4 is 17.6 Å². The lowest BCUT2D eigenvalue weighted by Crippen LogP contribution is -2.59. The normalized spacial score (nSPS) is 24.0. The van der Waals surface area contributed by atoms with Gasteiger partial charge < -0.3 is 26.0 Å². The van der Waals surface area contributed by atoms with Gasteiger partial charge in [-0.15, -0.1) is 0 Å². The largest absolute Gasteiger partial charge is 0.384 e. The van der Waals surface area contributed by atoms with Crippen molar-refractivity contribution in [1.82, 2.24) is 25.4 Å². The first kappa shape index (κ1) is 19.0. The number of anilines is 1. The van der Waals surface area contributed by atoms with Crippen molar-refractivity contribution in [2.75, 3.05) is 58.2 Å². The average molecular weight is 394 g/mol. The molecule has 0 aromatic carbocycles. The summed E-state index contributed by atoms with van der Waals surface area (Å²) in [5.74, 6) is 0.927. The van der Waals surface area contributed by atoms with Crippen molar-refractivity contribution in [1.29, 1.82) is 0 Å². The smallest absolute Gasteiger partial charge is 0.264 e. The van der Waals surface area contributed by atoms with Crippen LogP contribution in [0.5, 0.6) is 0 Å². The molecule has 2 saturated heterocycles. The van der Waals surface area contributed by atoms with E-state index in [1.54, 1.807) is 0 Å². The van der Waals surface area contributed by atoms with E-state index in [-0.39, 0.29) is 22.8 Å². The van der Waals surface area contributed by atoms with Crippen LogP contribution in [0, 0.1) is 0 Å². The molecule has 0 aliphatic carbocycles. The van der Waals surface area contributed by atoms with Gasteiger partial charge in [0.05, 0.1) is 13.2 Å². The fraction of sp³-hybridized carbons (Fsp3) is 0.588. The molecule has 4 heterocycles. The molecule has 0 bridgehead atoms. The van der Waals surface area contributed by atoms with Crippen LogP contribution in [0.1, 0.15) is 17.6 Å². The van der Waals surface area contributed by atoms with Gasteiger partial charge in [-0.1, -0.05) is 0 Å². The topological polar surface area (TPSA) is 103 Å². The van der Waals surface area contributed by atoms with Gasteiger partial charge in [-0.3, -0.25) is 4.90 Å². The fourth-order valence-corrected chi connectivity index (χ4v) is 3.44. The number of amidine groups is 1. The third-order valence-electron chi connectivity index (χ3n) is 4.96. The molecule has 2 fully saturated rings. The maximum Gasteiger partial charge on any atom is 0.264 e. The van der Waals surface area contributed by atoms with Crippen LogP contribution in [-0.2, 0) is 4.74 Å². The molecule has 11 heteroatoms. The number of hydrogen-bond donors (Lipinski definition) is 3. The Labute approximate surface area is 161 Å². The Morgan fingerprint density at radius 3 is 2.64 bits per heavy atom. The number of nitrogens with two attached hydrogens (primary N) is 1. The Balaban J connectivity index is 1.71. The third-order valence-corrected chi connectivity index (χ3v) is 4.96. The molecule has 1 atom stereocenters. The molecule has 1 unspecified atom stereocenters. The third kappa shape index (κ3) is 4.05. The molecule has 3 aliphatic rings. The number of ether oxygens (including phenoxy) is 1. The molecule has 3 aliphatic heterocycles. The van der Waals surface area contributed by atoms with E-state index in [4.69, 9.17) is 10.5 Å². The van der Waals surface area contributed by atoms with E-state index < -0.39 is 12.7 Å². The number of morpholine rings is 1. The maximum atomic E-state index is 13.6. The number of aliphatic imine (C=N–C) groups is 2. The number of pyridine rings is 1. The molecule has 28 heavy (non-hydrogen) atoms. The van der Waals surface area contributed by atoms with Crippen LogP contribution in [0.25, 0.3) is 0 Å². The number of rotatable bonds is 3. The average Bonchev–Trinajstić information content (AvgIpc) is 2.74. The molecule has 1 aromatic rings. The van der Waals surface area contributed by atoms with Crippen molar-refractivity contribution in [3.05, 3.63) is 23.4 Å². The van der Waals surface area contributed by atoms with Crippen LogP contribution in [0.15, 0.2) is 22.2 Å². The fourth-order valence-electron chi connectivity index (χ4n) is 3.44. The zero-order valence-electron chi connectivity index (χ0n) is 15.4. The van der Waals surface area contributed by atoms with E-state index >= 15 is 0 Å². The van der Waals surface area contributed by atoms with Crippen molar-refractivity contribution in [2.24, 2.45) is 9.98 Å². The van der Waals surface area contributed by atoms with E-state index in [9.17, 15) is 8.78 Å². The second-order valence-electron chi connectivity index (χ2n) is 6.79. The number of nitrogens with one attached hydrogen (secondary N) is 2. The maximum absolute atomic E-state index is 13.6. The summed E-state index contributed by atoms with van der Waals surface area (Å²) in [5, 5.41) is 6.65. The lowest BCUT2D eigenvalue weighted by molar-refractivity contribution is 0.0141. The zero-order valence-corrected chi connectivity index (χ0v) is 15.4. The van der Waals surface area contributed by atoms with E-state index in [1.807, 2.05) is 0 Å². The van der Waals surface area contributed by atoms with Crippen molar-refractivity contribution in [2.45, 2.75) is 12.7 Å². The zero-order chi connectivity index (χ0) is 19.5. The molecule has 152 valence electrons. The molecular formula is C17H24F2N8O. The summed E-state index contributed by atoms with van der Waals surface area (Å²) in [5.41, 5.74) is 5.61. The first-order valence-electron chi connectivity index (χ1n) is 9.36. The number of alkyl halides is 2. The first-order valence-corrected chi connectivity index (χ1v) is 9.36. The summed E-state index contributed by atoms with van der Waals surface area (Å²) in [4.78, 5) is 17.4. The summed E-state index contributed by atoms with van der Waals surface area (Å²) in [6.07, 6.45) is -1.77. The van der Waals surface area contributed by atoms with Gasteiger partial charge in [-0.2, -0.15) is 4.99 Å². The predicted molar refractivity (Wildman–Crippen MR) is 101 cm³/mol. The first-order chi connectivity index (χ1) is 13.6. The van der Waals surface area contributed by atoms with Crippen molar-refractivity contribution in [3.8, 4) is 0 Å². The Morgan fingerprint density at radius 2 is 1.93 bits per heavy atom. The van der Waals surface area contributed by atoms with Crippen LogP contribution in [0.4, 0.5) is 14.6 Å². The predicted octanol–water partition coefficient (Wildman–Crippen LogP) is -0.172. The highest BCUT2D eigenvalue weighted by atomic mass is 19.3. The monoisotopic (exact) mass is 394 g/mol. The highest BCUT2D eigenvalue weighted by molar-refractivity contribution is 6.08. The summed E-state index contributed by atoms with van der Waals surface area (Å²) < 4.78 is 32.7. The van der Waals surface area contributed by atoms with Gasteiger partial charge >= 0.3 is 0 Å². The molecular weight excluding hydrogens is 370 g/mol. The lowest BCUT2D eigenvalue weighted by atomic mass is 10.1. The summed E-state index contributed by atoms with van der Waals surface area (Å²) in [6, 6.07) is 1.19. The Morgan fingerprint density at radius 1 is 1.18 bits per heavy atom. The number of nitrogens with zero attached hydrogens (tertiary/aromatic N) is 5. The highest BCUT2D eigenvalue weighted by Gasteiger charge is 2.30. The van der Waals surface area contributed by atoms with Gasteiger partial charge in [0.1, 0.15) is 5.82 Å². The van der Waals surface area contributed by atoms with E-state index in [2.05, 4.69) is 35.4 Å². The Kier molecular flexibility index (Phi) is 5.64. The lowest BCUT2D eigenvalue weighted by Gasteiger charge is -2.38. The van der Waals surface area contributed by atoms with Crippen LogP contribution in [0.3, 0.4) is 0 Å². The van der Waals surface area contributed by atoms with Gasteiger partial charge in [0.2, 0.25) is 5.96 Å². The second kappa shape index (κ2) is 8.33. The Bertz CT molecular complexity index is 760. The van der Waals surface area contributed by atoms with E-state index in [0.29, 0.717) is 32.3 Å². The molecule has 9 nitrogen and oxygen atoms in total. The molecule has 1 aromatic heterocycles. The van der Waals surface area contributed by atoms with Crippen LogP contribution < -0.4 is 16.4 Å². The summed E-state index contributed by atoms with van der Waals surface area (Å²) >= 11 is 0. The number of nitrogen functional groups attached to an aromatic ring is 1. The summed E-state index contributed by atoms with van der Waals surface area (Å²) in [7, 11) is 0. The van der Waals surface area contributed by atoms with Gasteiger partial charge in [0, 0.05) is 56.6 Å². The second-order valence-corrected chi connectivity index (χ2v) is 6.79. The standard InChI is InChI=1S/C17H24F2N8O/c18-14(19)11-9-13(20)22-10-12(11)15-23-16(26-3-1-21-2-4-26)25-17(24-15)27-5-7-28-8-6-27/h9-10,14,17,21H,1-8H2,(H2,20,22)(H,23,24,25). The minimum Gasteiger partial charge on any atom is -0.384 e. The number of aromatic nitrogens is 1.